The quantitative estimate of drug-likeness (QED) is 0.195. The Morgan fingerprint density at radius 1 is 0.957 bits per heavy atom. The summed E-state index contributed by atoms with van der Waals surface area (Å²) in [7, 11) is 1.17. The lowest BCUT2D eigenvalue weighted by Crippen LogP contribution is -2.62. The maximum absolute atomic E-state index is 14.2. The van der Waals surface area contributed by atoms with E-state index in [0.717, 1.165) is 18.7 Å². The van der Waals surface area contributed by atoms with E-state index in [1.807, 2.05) is 34.6 Å². The van der Waals surface area contributed by atoms with Crippen LogP contribution < -0.4 is 21.3 Å². The van der Waals surface area contributed by atoms with E-state index in [1.165, 1.54) is 11.9 Å². The third-order valence-corrected chi connectivity index (χ3v) is 10.7. The van der Waals surface area contributed by atoms with Crippen molar-refractivity contribution in [2.45, 2.75) is 105 Å². The van der Waals surface area contributed by atoms with Crippen molar-refractivity contribution in [2.24, 2.45) is 28.1 Å². The number of amides is 5. The molecule has 0 bridgehead atoms. The van der Waals surface area contributed by atoms with Gasteiger partial charge in [0.2, 0.25) is 17.6 Å². The van der Waals surface area contributed by atoms with Gasteiger partial charge in [0.15, 0.2) is 0 Å². The molecule has 2 heterocycles. The summed E-state index contributed by atoms with van der Waals surface area (Å²) in [5.74, 6) is -2.98. The van der Waals surface area contributed by atoms with Crippen LogP contribution in [0, 0.1) is 28.1 Å². The van der Waals surface area contributed by atoms with Crippen LogP contribution in [0.4, 0.5) is 18.0 Å². The van der Waals surface area contributed by atoms with Crippen LogP contribution in [0.25, 0.3) is 0 Å². The van der Waals surface area contributed by atoms with Crippen molar-refractivity contribution < 1.29 is 37.1 Å². The molecule has 0 aromatic carbocycles. The number of halogens is 3. The lowest BCUT2D eigenvalue weighted by Gasteiger charge is -2.39. The molecule has 3 fully saturated rings. The summed E-state index contributed by atoms with van der Waals surface area (Å²) < 4.78 is 41.4. The zero-order valence-electron chi connectivity index (χ0n) is 28.4. The number of carbonyl (C=O) groups excluding carboxylic acids is 5. The summed E-state index contributed by atoms with van der Waals surface area (Å²) in [5, 5.41) is 10.4. The fraction of sp³-hybridized carbons (Fsp3) is 0.839. The fourth-order valence-electron chi connectivity index (χ4n) is 6.46. The highest BCUT2D eigenvalue weighted by Gasteiger charge is 2.70. The Kier molecular flexibility index (Phi) is 11.4. The van der Waals surface area contributed by atoms with E-state index in [4.69, 9.17) is 0 Å². The predicted molar refractivity (Wildman–Crippen MR) is 169 cm³/mol. The molecule has 5 amide bonds. The van der Waals surface area contributed by atoms with Gasteiger partial charge >= 0.3 is 12.2 Å². The molecule has 4 N–H and O–H groups in total. The number of fused-ring (bicyclic) bond motifs is 1. The minimum absolute atomic E-state index is 0.0619. The summed E-state index contributed by atoms with van der Waals surface area (Å²) in [4.78, 5) is 67.5. The molecule has 0 radical (unpaired) electrons. The molecule has 3 rings (SSSR count). The van der Waals surface area contributed by atoms with E-state index < -0.39 is 72.1 Å². The van der Waals surface area contributed by atoms with E-state index in [2.05, 4.69) is 25.6 Å². The second kappa shape index (κ2) is 13.9. The molecule has 46 heavy (non-hydrogen) atoms. The van der Waals surface area contributed by atoms with Gasteiger partial charge in [0.05, 0.1) is 6.04 Å². The average Bonchev–Trinajstić information content (AvgIpc) is 3.36. The molecular weight excluding hydrogens is 625 g/mol. The van der Waals surface area contributed by atoms with Gasteiger partial charge in [-0.25, -0.2) is 9.10 Å². The summed E-state index contributed by atoms with van der Waals surface area (Å²) in [6.45, 7) is 17.1. The van der Waals surface area contributed by atoms with Crippen molar-refractivity contribution in [1.82, 2.24) is 30.5 Å². The Labute approximate surface area is 274 Å². The number of urea groups is 1. The maximum Gasteiger partial charge on any atom is 0.389 e. The minimum Gasteiger partial charge on any atom is -0.353 e. The molecule has 11 nitrogen and oxygen atoms in total. The molecule has 1 saturated carbocycles. The lowest BCUT2D eigenvalue weighted by molar-refractivity contribution is -0.148. The number of hydrogen-bond donors (Lipinski definition) is 4. The molecule has 15 heteroatoms. The van der Waals surface area contributed by atoms with E-state index in [0.29, 0.717) is 6.54 Å². The summed E-state index contributed by atoms with van der Waals surface area (Å²) in [6, 6.07) is -4.61. The highest BCUT2D eigenvalue weighted by atomic mass is 32.2. The first-order valence-corrected chi connectivity index (χ1v) is 16.8. The predicted octanol–water partition coefficient (Wildman–Crippen LogP) is 3.09. The van der Waals surface area contributed by atoms with Crippen LogP contribution in [0.15, 0.2) is 0 Å². The van der Waals surface area contributed by atoms with Crippen LogP contribution in [-0.2, 0) is 19.2 Å². The highest BCUT2D eigenvalue weighted by Crippen LogP contribution is 2.65. The second-order valence-corrected chi connectivity index (χ2v) is 16.6. The molecular formula is C31H51F3N6O5S. The maximum atomic E-state index is 14.2. The topological polar surface area (TPSA) is 140 Å². The zero-order chi connectivity index (χ0) is 35.0. The van der Waals surface area contributed by atoms with Crippen LogP contribution in [0.2, 0.25) is 0 Å². The molecule has 1 aliphatic carbocycles. The number of likely N-dealkylation sites (N-methyl/N-ethyl adjacent to an activating group) is 1. The highest BCUT2D eigenvalue weighted by molar-refractivity contribution is 7.97. The third-order valence-electron chi connectivity index (χ3n) is 9.51. The summed E-state index contributed by atoms with van der Waals surface area (Å²) >= 11 is 1.74. The minimum atomic E-state index is -4.61. The third kappa shape index (κ3) is 9.07. The Bertz CT molecular complexity index is 1180. The first-order valence-electron chi connectivity index (χ1n) is 15.9. The Morgan fingerprint density at radius 3 is 2.09 bits per heavy atom. The van der Waals surface area contributed by atoms with Gasteiger partial charge in [-0.15, -0.1) is 0 Å². The molecule has 262 valence electrons. The van der Waals surface area contributed by atoms with Crippen molar-refractivity contribution in [3.8, 4) is 0 Å². The second-order valence-electron chi connectivity index (χ2n) is 15.5. The number of piperidine rings is 1. The number of nitrogens with one attached hydrogen (secondary N) is 4. The number of likely N-dealkylation sites (tertiary alicyclic amines) is 1. The monoisotopic (exact) mass is 676 g/mol. The van der Waals surface area contributed by atoms with E-state index in [9.17, 15) is 37.1 Å². The van der Waals surface area contributed by atoms with Crippen molar-refractivity contribution in [3.05, 3.63) is 0 Å². The Morgan fingerprint density at radius 2 is 1.59 bits per heavy atom. The van der Waals surface area contributed by atoms with E-state index in [-0.39, 0.29) is 35.3 Å². The normalized spacial score (nSPS) is 24.8. The van der Waals surface area contributed by atoms with Gasteiger partial charge in [0, 0.05) is 44.9 Å². The first kappa shape index (κ1) is 37.9. The number of ketones is 1. The van der Waals surface area contributed by atoms with Crippen molar-refractivity contribution in [2.75, 3.05) is 32.4 Å². The Hall–Kier alpha value is -2.55. The van der Waals surface area contributed by atoms with Crippen LogP contribution in [0.3, 0.4) is 0 Å². The van der Waals surface area contributed by atoms with Crippen molar-refractivity contribution in [3.63, 3.8) is 0 Å². The molecule has 2 saturated heterocycles. The number of nitrogens with zero attached hydrogens (tertiary/aromatic N) is 2. The summed E-state index contributed by atoms with van der Waals surface area (Å²) in [6.07, 6.45) is -5.75. The zero-order valence-corrected chi connectivity index (χ0v) is 29.2. The SMILES string of the molecule is CNC(=O)C(=O)C(CCC(F)(F)F)NC(=O)[C@@H]1[C@@H]2[C@H](CN1C(=O)[C@@H](NC(=O)N[C@H](CN1CCCS1)C(C)(C)C)C(C)(C)C)C2(C)C. The molecule has 0 aromatic rings. The van der Waals surface area contributed by atoms with Gasteiger partial charge < -0.3 is 26.2 Å². The Balaban J connectivity index is 1.83. The van der Waals surface area contributed by atoms with Gasteiger partial charge in [-0.3, -0.25) is 19.2 Å². The molecule has 3 aliphatic rings. The number of alkyl halides is 3. The smallest absolute Gasteiger partial charge is 0.353 e. The van der Waals surface area contributed by atoms with E-state index >= 15 is 0 Å². The number of rotatable bonds is 11. The number of Topliss-reactive ketones (excluding diaryl/α,β-unsaturated/α-hetero) is 1. The van der Waals surface area contributed by atoms with Gasteiger partial charge in [-0.1, -0.05) is 67.3 Å². The van der Waals surface area contributed by atoms with Gasteiger partial charge in [0.1, 0.15) is 12.1 Å². The van der Waals surface area contributed by atoms with Gasteiger partial charge in [0.25, 0.3) is 5.91 Å². The molecule has 0 aromatic heterocycles. The van der Waals surface area contributed by atoms with E-state index in [1.54, 1.807) is 32.7 Å². The molecule has 2 aliphatic heterocycles. The molecule has 6 atom stereocenters. The van der Waals surface area contributed by atoms with Crippen molar-refractivity contribution >= 4 is 41.5 Å². The number of carbonyl (C=O) groups is 5. The van der Waals surface area contributed by atoms with Crippen molar-refractivity contribution in [1.29, 1.82) is 0 Å². The molecule has 0 spiro atoms. The average molecular weight is 677 g/mol. The van der Waals surface area contributed by atoms with Gasteiger partial charge in [-0.05, 0) is 40.9 Å². The largest absolute Gasteiger partial charge is 0.389 e. The molecule has 1 unspecified atom stereocenters. The number of hydrogen-bond acceptors (Lipinski definition) is 7. The van der Waals surface area contributed by atoms with Crippen LogP contribution in [0.5, 0.6) is 0 Å². The van der Waals surface area contributed by atoms with Crippen LogP contribution >= 0.6 is 11.9 Å². The van der Waals surface area contributed by atoms with Crippen LogP contribution in [0.1, 0.15) is 74.7 Å². The van der Waals surface area contributed by atoms with Crippen LogP contribution in [-0.4, -0.2) is 102 Å². The van der Waals surface area contributed by atoms with Gasteiger partial charge in [-0.2, -0.15) is 13.2 Å². The first-order chi connectivity index (χ1) is 21.0. The summed E-state index contributed by atoms with van der Waals surface area (Å²) in [5.41, 5.74) is -1.38. The standard InChI is InChI=1S/C31H51F3N6O5S/c1-28(2,3)19(16-39-13-10-14-46-39)37-27(45)38-23(29(4,5)6)26(44)40-15-17-20(30(17,7)8)21(40)24(42)36-18(11-12-31(32,33)34)22(41)25(43)35-9/h17-21,23H,10-16H2,1-9H3,(H,35,43)(H,36,42)(H2,37,38,45)/t17-,18?,19+,20-,21-,23+/m0/s1. The fourth-order valence-corrected chi connectivity index (χ4v) is 7.49. The lowest BCUT2D eigenvalue weighted by atomic mass is 9.85.